The van der Waals surface area contributed by atoms with E-state index in [4.69, 9.17) is 28.3 Å². The van der Waals surface area contributed by atoms with E-state index in [1.165, 1.54) is 12.1 Å². The van der Waals surface area contributed by atoms with Gasteiger partial charge >= 0.3 is 0 Å². The van der Waals surface area contributed by atoms with Crippen LogP contribution in [-0.2, 0) is 16.6 Å². The minimum atomic E-state index is -3.73. The zero-order valence-electron chi connectivity index (χ0n) is 11.2. The molecule has 0 bridgehead atoms. The number of rotatable bonds is 4. The van der Waals surface area contributed by atoms with E-state index in [2.05, 4.69) is 5.32 Å². The molecule has 2 aromatic rings. The van der Waals surface area contributed by atoms with Gasteiger partial charge in [0.15, 0.2) is 0 Å². The lowest BCUT2D eigenvalue weighted by molar-refractivity contribution is 0.598. The fourth-order valence-electron chi connectivity index (χ4n) is 1.84. The molecule has 2 rings (SSSR count). The minimum absolute atomic E-state index is 0.0628. The molecular formula is C14H14Cl2N2O2S. The highest BCUT2D eigenvalue weighted by molar-refractivity contribution is 7.89. The van der Waals surface area contributed by atoms with E-state index in [1.807, 2.05) is 6.92 Å². The zero-order valence-corrected chi connectivity index (χ0v) is 13.6. The van der Waals surface area contributed by atoms with Gasteiger partial charge in [-0.1, -0.05) is 29.3 Å². The summed E-state index contributed by atoms with van der Waals surface area (Å²) in [6.45, 7) is 2.29. The third-order valence-electron chi connectivity index (χ3n) is 3.01. The molecule has 0 aliphatic heterocycles. The second kappa shape index (κ2) is 6.23. The number of aryl methyl sites for hydroxylation is 1. The topological polar surface area (TPSA) is 72.2 Å². The average molecular weight is 345 g/mol. The maximum atomic E-state index is 11.4. The predicted molar refractivity (Wildman–Crippen MR) is 86.3 cm³/mol. The van der Waals surface area contributed by atoms with Crippen LogP contribution >= 0.6 is 23.2 Å². The van der Waals surface area contributed by atoms with Crippen LogP contribution in [-0.4, -0.2) is 8.42 Å². The number of primary sulfonamides is 1. The van der Waals surface area contributed by atoms with Crippen LogP contribution in [0.2, 0.25) is 10.0 Å². The smallest absolute Gasteiger partial charge is 0.238 e. The predicted octanol–water partition coefficient (Wildman–Crippen LogP) is 3.56. The fourth-order valence-corrected chi connectivity index (χ4v) is 2.76. The Kier molecular flexibility index (Phi) is 4.78. The first-order valence-electron chi connectivity index (χ1n) is 6.08. The Labute approximate surface area is 133 Å². The van der Waals surface area contributed by atoms with Crippen molar-refractivity contribution in [3.63, 3.8) is 0 Å². The molecule has 21 heavy (non-hydrogen) atoms. The summed E-state index contributed by atoms with van der Waals surface area (Å²) >= 11 is 12.0. The van der Waals surface area contributed by atoms with Crippen LogP contribution in [0.4, 0.5) is 5.69 Å². The Morgan fingerprint density at radius 3 is 2.52 bits per heavy atom. The zero-order chi connectivity index (χ0) is 15.6. The van der Waals surface area contributed by atoms with Gasteiger partial charge in [-0.2, -0.15) is 0 Å². The molecular weight excluding hydrogens is 331 g/mol. The first kappa shape index (κ1) is 16.1. The molecule has 0 saturated carbocycles. The van der Waals surface area contributed by atoms with Crippen LogP contribution in [0.25, 0.3) is 0 Å². The molecule has 7 heteroatoms. The lowest BCUT2D eigenvalue weighted by Gasteiger charge is -2.12. The van der Waals surface area contributed by atoms with Crippen LogP contribution in [0.5, 0.6) is 0 Å². The quantitative estimate of drug-likeness (QED) is 0.890. The van der Waals surface area contributed by atoms with Gasteiger partial charge in [0, 0.05) is 22.3 Å². The van der Waals surface area contributed by atoms with Crippen molar-refractivity contribution in [3.05, 3.63) is 57.6 Å². The van der Waals surface area contributed by atoms with Crippen molar-refractivity contribution in [3.8, 4) is 0 Å². The summed E-state index contributed by atoms with van der Waals surface area (Å²) in [5.41, 5.74) is 2.41. The molecule has 0 heterocycles. The van der Waals surface area contributed by atoms with Gasteiger partial charge in [0.25, 0.3) is 0 Å². The van der Waals surface area contributed by atoms with Crippen LogP contribution < -0.4 is 10.5 Å². The maximum Gasteiger partial charge on any atom is 0.238 e. The Hall–Kier alpha value is -1.27. The highest BCUT2D eigenvalue weighted by Crippen LogP contribution is 2.24. The van der Waals surface area contributed by atoms with Crippen molar-refractivity contribution < 1.29 is 8.42 Å². The molecule has 4 nitrogen and oxygen atoms in total. The Morgan fingerprint density at radius 1 is 1.14 bits per heavy atom. The summed E-state index contributed by atoms with van der Waals surface area (Å²) in [6, 6.07) is 9.86. The van der Waals surface area contributed by atoms with E-state index in [9.17, 15) is 8.42 Å². The number of benzene rings is 2. The molecule has 0 fully saturated rings. The molecule has 0 aliphatic rings. The lowest BCUT2D eigenvalue weighted by atomic mass is 10.1. The Bertz CT molecular complexity index is 777. The van der Waals surface area contributed by atoms with E-state index in [0.29, 0.717) is 22.3 Å². The fraction of sp³-hybridized carbons (Fsp3) is 0.143. The molecule has 0 atom stereocenters. The normalized spacial score (nSPS) is 11.4. The van der Waals surface area contributed by atoms with Crippen LogP contribution in [0.1, 0.15) is 11.1 Å². The first-order chi connectivity index (χ1) is 9.77. The van der Waals surface area contributed by atoms with Gasteiger partial charge in [0.2, 0.25) is 10.0 Å². The van der Waals surface area contributed by atoms with Gasteiger partial charge in [0.05, 0.1) is 4.90 Å². The third kappa shape index (κ3) is 4.11. The van der Waals surface area contributed by atoms with Crippen molar-refractivity contribution in [2.24, 2.45) is 5.14 Å². The SMILES string of the molecule is Cc1ccc(S(N)(=O)=O)cc1NCc1cc(Cl)ccc1Cl. The molecule has 0 saturated heterocycles. The third-order valence-corrected chi connectivity index (χ3v) is 4.53. The summed E-state index contributed by atoms with van der Waals surface area (Å²) in [5.74, 6) is 0. The van der Waals surface area contributed by atoms with E-state index >= 15 is 0 Å². The molecule has 112 valence electrons. The number of hydrogen-bond donors (Lipinski definition) is 2. The van der Waals surface area contributed by atoms with Crippen molar-refractivity contribution in [1.29, 1.82) is 0 Å². The minimum Gasteiger partial charge on any atom is -0.381 e. The Balaban J connectivity index is 2.26. The van der Waals surface area contributed by atoms with Gasteiger partial charge in [-0.05, 0) is 48.4 Å². The van der Waals surface area contributed by atoms with Gasteiger partial charge in [-0.15, -0.1) is 0 Å². The number of anilines is 1. The van der Waals surface area contributed by atoms with Gasteiger partial charge in [-0.3, -0.25) is 0 Å². The maximum absolute atomic E-state index is 11.4. The van der Waals surface area contributed by atoms with E-state index < -0.39 is 10.0 Å². The molecule has 3 N–H and O–H groups in total. The monoisotopic (exact) mass is 344 g/mol. The van der Waals surface area contributed by atoms with Gasteiger partial charge in [-0.25, -0.2) is 13.6 Å². The van der Waals surface area contributed by atoms with Gasteiger partial charge < -0.3 is 5.32 Å². The van der Waals surface area contributed by atoms with E-state index in [0.717, 1.165) is 11.1 Å². The van der Waals surface area contributed by atoms with E-state index in [1.54, 1.807) is 24.3 Å². The van der Waals surface area contributed by atoms with Gasteiger partial charge in [0.1, 0.15) is 0 Å². The van der Waals surface area contributed by atoms with E-state index in [-0.39, 0.29) is 4.90 Å². The number of nitrogens with one attached hydrogen (secondary N) is 1. The van der Waals surface area contributed by atoms with Crippen molar-refractivity contribution in [2.75, 3.05) is 5.32 Å². The summed E-state index contributed by atoms with van der Waals surface area (Å²) < 4.78 is 22.8. The number of hydrogen-bond acceptors (Lipinski definition) is 3. The molecule has 2 aromatic carbocycles. The largest absolute Gasteiger partial charge is 0.381 e. The second-order valence-electron chi connectivity index (χ2n) is 4.61. The summed E-state index contributed by atoms with van der Waals surface area (Å²) in [4.78, 5) is 0.0628. The van der Waals surface area contributed by atoms with Crippen molar-refractivity contribution >= 4 is 38.9 Å². The second-order valence-corrected chi connectivity index (χ2v) is 7.02. The summed E-state index contributed by atoms with van der Waals surface area (Å²) in [5, 5.41) is 9.46. The number of sulfonamides is 1. The number of halogens is 2. The van der Waals surface area contributed by atoms with Crippen LogP contribution in [0.15, 0.2) is 41.3 Å². The number of nitrogens with two attached hydrogens (primary N) is 1. The summed E-state index contributed by atoms with van der Waals surface area (Å²) in [6.07, 6.45) is 0. The van der Waals surface area contributed by atoms with Crippen LogP contribution in [0.3, 0.4) is 0 Å². The molecule has 0 amide bonds. The first-order valence-corrected chi connectivity index (χ1v) is 8.39. The highest BCUT2D eigenvalue weighted by Gasteiger charge is 2.10. The highest BCUT2D eigenvalue weighted by atomic mass is 35.5. The lowest BCUT2D eigenvalue weighted by Crippen LogP contribution is -2.13. The standard InChI is InChI=1S/C14H14Cl2N2O2S/c1-9-2-4-12(21(17,19)20)7-14(9)18-8-10-6-11(15)3-5-13(10)16/h2-7,18H,8H2,1H3,(H2,17,19,20). The van der Waals surface area contributed by atoms with Crippen molar-refractivity contribution in [1.82, 2.24) is 0 Å². The average Bonchev–Trinajstić information content (AvgIpc) is 2.40. The molecule has 0 radical (unpaired) electrons. The molecule has 0 aromatic heterocycles. The van der Waals surface area contributed by atoms with Crippen molar-refractivity contribution in [2.45, 2.75) is 18.4 Å². The molecule has 0 aliphatic carbocycles. The summed E-state index contributed by atoms with van der Waals surface area (Å²) in [7, 11) is -3.73. The Morgan fingerprint density at radius 2 is 1.86 bits per heavy atom. The molecule has 0 unspecified atom stereocenters. The van der Waals surface area contributed by atoms with Crippen LogP contribution in [0, 0.1) is 6.92 Å². The molecule has 0 spiro atoms.